The Morgan fingerprint density at radius 3 is 0.973 bits per heavy atom. The topological polar surface area (TPSA) is 80.3 Å². The Morgan fingerprint density at radius 2 is 0.658 bits per heavy atom. The van der Waals surface area contributed by atoms with Crippen LogP contribution in [-0.4, -0.2) is 24.5 Å². The summed E-state index contributed by atoms with van der Waals surface area (Å²) in [6.07, 6.45) is 0. The fraction of sp³-hybridized carbons (Fsp3) is 0.0597. The molecule has 0 amide bonds. The van der Waals surface area contributed by atoms with Crippen LogP contribution in [0.3, 0.4) is 0 Å². The third kappa shape index (κ3) is 8.64. The molecule has 0 bridgehead atoms. The molecule has 0 aliphatic heterocycles. The first kappa shape index (κ1) is 44.6. The van der Waals surface area contributed by atoms with Gasteiger partial charge in [0.05, 0.1) is 51.1 Å². The Bertz CT molecular complexity index is 3700. The lowest BCUT2D eigenvalue weighted by Crippen LogP contribution is -2.07. The van der Waals surface area contributed by atoms with E-state index in [2.05, 4.69) is 160 Å². The van der Waals surface area contributed by atoms with E-state index in [9.17, 15) is 5.26 Å². The molecule has 3 heterocycles. The number of hydrogen-bond donors (Lipinski definition) is 0. The van der Waals surface area contributed by atoms with E-state index >= 15 is 0 Å². The molecule has 0 aliphatic carbocycles. The quantitative estimate of drug-likeness (QED) is 0.144. The van der Waals surface area contributed by atoms with Crippen LogP contribution in [0.5, 0.6) is 0 Å². The lowest BCUT2D eigenvalue weighted by molar-refractivity contribution is 1.12. The third-order valence-electron chi connectivity index (χ3n) is 13.6. The normalized spacial score (nSPS) is 11.3. The van der Waals surface area contributed by atoms with Gasteiger partial charge in [-0.2, -0.15) is 5.26 Å². The van der Waals surface area contributed by atoms with Crippen LogP contribution >= 0.6 is 0 Å². The van der Waals surface area contributed by atoms with Crippen molar-refractivity contribution in [3.8, 4) is 102 Å². The Balaban J connectivity index is 1.26. The first-order valence-electron chi connectivity index (χ1n) is 24.6. The number of nitriles is 1. The minimum atomic E-state index is 0.423. The summed E-state index contributed by atoms with van der Waals surface area (Å²) >= 11 is 0. The number of fused-ring (bicyclic) bond motifs is 3. The van der Waals surface area contributed by atoms with E-state index in [1.807, 2.05) is 97.1 Å². The van der Waals surface area contributed by atoms with Gasteiger partial charge in [-0.3, -0.25) is 0 Å². The van der Waals surface area contributed by atoms with Crippen LogP contribution in [0, 0.1) is 39.0 Å². The fourth-order valence-electron chi connectivity index (χ4n) is 10.3. The van der Waals surface area contributed by atoms with E-state index in [0.29, 0.717) is 28.3 Å². The molecule has 0 N–H and O–H groups in total. The molecule has 9 aromatic carbocycles. The van der Waals surface area contributed by atoms with E-state index in [-0.39, 0.29) is 0 Å². The molecular formula is C67H48N6. The van der Waals surface area contributed by atoms with Crippen LogP contribution in [0.25, 0.3) is 118 Å². The Kier molecular flexibility index (Phi) is 11.4. The van der Waals surface area contributed by atoms with Gasteiger partial charge in [0.15, 0.2) is 11.6 Å². The first-order valence-corrected chi connectivity index (χ1v) is 24.6. The summed E-state index contributed by atoms with van der Waals surface area (Å²) in [7, 11) is 0. The van der Waals surface area contributed by atoms with Crippen LogP contribution in [0.4, 0.5) is 0 Å². The van der Waals surface area contributed by atoms with Crippen LogP contribution in [0.15, 0.2) is 218 Å². The molecule has 0 saturated carbocycles. The maximum Gasteiger partial charge on any atom is 0.162 e. The Morgan fingerprint density at radius 1 is 0.329 bits per heavy atom. The molecule has 0 fully saturated rings. The molecule has 0 spiro atoms. The molecule has 0 saturated heterocycles. The minimum absolute atomic E-state index is 0.423. The van der Waals surface area contributed by atoms with Crippen molar-refractivity contribution in [1.82, 2.24) is 24.5 Å². The van der Waals surface area contributed by atoms with Crippen molar-refractivity contribution in [3.63, 3.8) is 0 Å². The second-order valence-electron chi connectivity index (χ2n) is 19.0. The fourth-order valence-corrected chi connectivity index (χ4v) is 10.3. The molecule has 0 radical (unpaired) electrons. The van der Waals surface area contributed by atoms with Crippen LogP contribution in [0.2, 0.25) is 0 Å². The van der Waals surface area contributed by atoms with E-state index in [1.165, 1.54) is 22.3 Å². The number of benzene rings is 9. The highest BCUT2D eigenvalue weighted by atomic mass is 15.0. The average molecular weight is 937 g/mol. The lowest BCUT2D eigenvalue weighted by Gasteiger charge is -2.20. The standard InChI is InChI=1S/C67H48N6/c1-42-29-43(2)32-53(31-42)51-25-27-55-56-28-26-52(54-33-44(3)30-45(4)34-54)38-64(56)73(63(55)37-51)65-57(66-69-59(47-17-9-5-10-18-47)39-60(70-66)48-19-11-6-12-20-48)35-46(41-68)36-58(65)67-71-61(49-21-13-7-14-22-49)40-62(72-67)50-23-15-8-16-24-50/h5-40H,1-4H3. The monoisotopic (exact) mass is 936 g/mol. The molecule has 6 nitrogen and oxygen atoms in total. The summed E-state index contributed by atoms with van der Waals surface area (Å²) in [5.41, 5.74) is 20.4. The molecule has 0 atom stereocenters. The smallest absolute Gasteiger partial charge is 0.162 e. The lowest BCUT2D eigenvalue weighted by atomic mass is 9.98. The van der Waals surface area contributed by atoms with Gasteiger partial charge in [0.25, 0.3) is 0 Å². The summed E-state index contributed by atoms with van der Waals surface area (Å²) < 4.78 is 2.36. The van der Waals surface area contributed by atoms with Gasteiger partial charge in [0, 0.05) is 44.2 Å². The molecular weight excluding hydrogens is 889 g/mol. The summed E-state index contributed by atoms with van der Waals surface area (Å²) in [5.74, 6) is 0.920. The van der Waals surface area contributed by atoms with Crippen molar-refractivity contribution in [3.05, 3.63) is 246 Å². The minimum Gasteiger partial charge on any atom is -0.308 e. The highest BCUT2D eigenvalue weighted by Gasteiger charge is 2.26. The van der Waals surface area contributed by atoms with Gasteiger partial charge in [-0.15, -0.1) is 0 Å². The maximum atomic E-state index is 11.2. The number of aryl methyl sites for hydroxylation is 4. The molecule has 0 aliphatic rings. The van der Waals surface area contributed by atoms with Gasteiger partial charge < -0.3 is 4.57 Å². The number of aromatic nitrogens is 5. The van der Waals surface area contributed by atoms with E-state index in [0.717, 1.165) is 94.8 Å². The molecule has 12 aromatic rings. The molecule has 3 aromatic heterocycles. The van der Waals surface area contributed by atoms with Crippen molar-refractivity contribution in [2.45, 2.75) is 27.7 Å². The first-order chi connectivity index (χ1) is 35.7. The third-order valence-corrected chi connectivity index (χ3v) is 13.6. The Hall–Kier alpha value is -9.57. The van der Waals surface area contributed by atoms with Gasteiger partial charge >= 0.3 is 0 Å². The van der Waals surface area contributed by atoms with Gasteiger partial charge in [-0.25, -0.2) is 19.9 Å². The number of hydrogen-bond acceptors (Lipinski definition) is 5. The zero-order valence-electron chi connectivity index (χ0n) is 41.0. The van der Waals surface area contributed by atoms with Crippen LogP contribution in [-0.2, 0) is 0 Å². The molecule has 6 heteroatoms. The SMILES string of the molecule is Cc1cc(C)cc(-c2ccc3c4ccc(-c5cc(C)cc(C)c5)cc4n(-c4c(-c5nc(-c6ccccc6)cc(-c6ccccc6)n5)cc(C#N)cc4-c4nc(-c5ccccc5)cc(-c5ccccc5)n4)c3c2)c1. The van der Waals surface area contributed by atoms with Gasteiger partial charge in [0.1, 0.15) is 0 Å². The van der Waals surface area contributed by atoms with Gasteiger partial charge in [0.2, 0.25) is 0 Å². The van der Waals surface area contributed by atoms with Crippen molar-refractivity contribution in [2.75, 3.05) is 0 Å². The van der Waals surface area contributed by atoms with Crippen molar-refractivity contribution in [1.29, 1.82) is 5.26 Å². The predicted molar refractivity (Wildman–Crippen MR) is 299 cm³/mol. The zero-order chi connectivity index (χ0) is 49.6. The number of rotatable bonds is 9. The van der Waals surface area contributed by atoms with Crippen LogP contribution in [0.1, 0.15) is 27.8 Å². The molecule has 73 heavy (non-hydrogen) atoms. The Labute approximate surface area is 425 Å². The van der Waals surface area contributed by atoms with Crippen molar-refractivity contribution in [2.24, 2.45) is 0 Å². The van der Waals surface area contributed by atoms with Crippen LogP contribution < -0.4 is 0 Å². The predicted octanol–water partition coefficient (Wildman–Crippen LogP) is 16.8. The summed E-state index contributed by atoms with van der Waals surface area (Å²) in [5, 5.41) is 13.3. The van der Waals surface area contributed by atoms with Crippen molar-refractivity contribution < 1.29 is 0 Å². The van der Waals surface area contributed by atoms with Crippen molar-refractivity contribution >= 4 is 21.8 Å². The van der Waals surface area contributed by atoms with E-state index < -0.39 is 0 Å². The molecule has 0 unspecified atom stereocenters. The van der Waals surface area contributed by atoms with E-state index in [1.54, 1.807) is 0 Å². The second-order valence-corrected chi connectivity index (χ2v) is 19.0. The summed E-state index contributed by atoms with van der Waals surface area (Å²) in [6, 6.07) is 78.4. The molecule has 12 rings (SSSR count). The van der Waals surface area contributed by atoms with Gasteiger partial charge in [-0.05, 0) is 86.3 Å². The number of nitrogens with zero attached hydrogens (tertiary/aromatic N) is 6. The largest absolute Gasteiger partial charge is 0.308 e. The second kappa shape index (κ2) is 18.6. The zero-order valence-corrected chi connectivity index (χ0v) is 41.0. The highest BCUT2D eigenvalue weighted by molar-refractivity contribution is 6.12. The average Bonchev–Trinajstić information content (AvgIpc) is 3.75. The van der Waals surface area contributed by atoms with E-state index in [4.69, 9.17) is 19.9 Å². The van der Waals surface area contributed by atoms with Gasteiger partial charge in [-0.1, -0.05) is 204 Å². The highest BCUT2D eigenvalue weighted by Crippen LogP contribution is 2.44. The maximum absolute atomic E-state index is 11.2. The summed E-state index contributed by atoms with van der Waals surface area (Å²) in [6.45, 7) is 8.60. The molecule has 346 valence electrons. The summed E-state index contributed by atoms with van der Waals surface area (Å²) in [4.78, 5) is 21.9.